The number of aryl methyl sites for hydroxylation is 2. The summed E-state index contributed by atoms with van der Waals surface area (Å²) in [5.74, 6) is 0.723. The predicted molar refractivity (Wildman–Crippen MR) is 149 cm³/mol. The van der Waals surface area contributed by atoms with Crippen molar-refractivity contribution in [2.75, 3.05) is 33.9 Å². The summed E-state index contributed by atoms with van der Waals surface area (Å²) in [6, 6.07) is 3.59. The number of aliphatic hydroxyl groups is 1. The molecule has 0 spiro atoms. The molecule has 0 bridgehead atoms. The lowest BCUT2D eigenvalue weighted by Gasteiger charge is -2.30. The van der Waals surface area contributed by atoms with Crippen molar-refractivity contribution in [3.05, 3.63) is 43.6 Å². The Labute approximate surface area is 228 Å². The number of halogens is 1. The maximum Gasteiger partial charge on any atom is 0.234 e. The molecule has 3 rings (SSSR count). The summed E-state index contributed by atoms with van der Waals surface area (Å²) in [5, 5.41) is 15.8. The van der Waals surface area contributed by atoms with E-state index in [-0.39, 0.29) is 36.8 Å². The van der Waals surface area contributed by atoms with Crippen LogP contribution in [0.1, 0.15) is 64.9 Å². The van der Waals surface area contributed by atoms with Gasteiger partial charge in [-0.1, -0.05) is 32.4 Å². The van der Waals surface area contributed by atoms with E-state index in [9.17, 15) is 14.7 Å². The highest BCUT2D eigenvalue weighted by Crippen LogP contribution is 2.42. The van der Waals surface area contributed by atoms with Gasteiger partial charge in [-0.3, -0.25) is 9.59 Å². The Morgan fingerprint density at radius 2 is 2.03 bits per heavy atom. The number of hydrogen-bond donors (Lipinski definition) is 3. The van der Waals surface area contributed by atoms with Crippen LogP contribution in [0.2, 0.25) is 5.02 Å². The largest absolute Gasteiger partial charge is 0.493 e. The summed E-state index contributed by atoms with van der Waals surface area (Å²) in [4.78, 5) is 27.1. The fourth-order valence-corrected chi connectivity index (χ4v) is 6.25. The lowest BCUT2D eigenvalue weighted by atomic mass is 9.74. The zero-order valence-corrected chi connectivity index (χ0v) is 24.0. The summed E-state index contributed by atoms with van der Waals surface area (Å²) >= 11 is 8.17. The van der Waals surface area contributed by atoms with Gasteiger partial charge in [0.15, 0.2) is 17.3 Å². The lowest BCUT2D eigenvalue weighted by Crippen LogP contribution is -2.39. The molecular formula is C28H39ClN2O5S. The molecule has 0 aliphatic heterocycles. The van der Waals surface area contributed by atoms with Crippen LogP contribution in [-0.2, 0) is 30.5 Å². The van der Waals surface area contributed by atoms with Crippen molar-refractivity contribution in [2.45, 2.75) is 65.4 Å². The SMILES string of the molecule is CCc1sc(C(=O)CCc2cc(Cl)c(OCC(O)CNC(=O)CNC)c(OC)c2)c2c1CC(C)(C)CC2. The van der Waals surface area contributed by atoms with Gasteiger partial charge in [0.2, 0.25) is 5.91 Å². The highest BCUT2D eigenvalue weighted by Gasteiger charge is 2.31. The zero-order valence-electron chi connectivity index (χ0n) is 22.5. The number of likely N-dealkylation sites (N-methyl/N-ethyl adjacent to an activating group) is 1. The topological polar surface area (TPSA) is 96.9 Å². The van der Waals surface area contributed by atoms with Crippen molar-refractivity contribution in [2.24, 2.45) is 5.41 Å². The summed E-state index contributed by atoms with van der Waals surface area (Å²) < 4.78 is 11.2. The number of benzene rings is 1. The van der Waals surface area contributed by atoms with Gasteiger partial charge in [-0.05, 0) is 73.4 Å². The van der Waals surface area contributed by atoms with E-state index in [4.69, 9.17) is 21.1 Å². The van der Waals surface area contributed by atoms with Crippen molar-refractivity contribution in [1.82, 2.24) is 10.6 Å². The molecule has 7 nitrogen and oxygen atoms in total. The van der Waals surface area contributed by atoms with Crippen LogP contribution in [0.4, 0.5) is 0 Å². The van der Waals surface area contributed by atoms with Crippen LogP contribution in [0.5, 0.6) is 11.5 Å². The molecule has 3 N–H and O–H groups in total. The Hall–Kier alpha value is -2.13. The number of nitrogens with one attached hydrogen (secondary N) is 2. The molecule has 9 heteroatoms. The third-order valence-electron chi connectivity index (χ3n) is 6.70. The van der Waals surface area contributed by atoms with Gasteiger partial charge < -0.3 is 25.2 Å². The van der Waals surface area contributed by atoms with E-state index >= 15 is 0 Å². The Bertz CT molecular complexity index is 1110. The number of amides is 1. The van der Waals surface area contributed by atoms with Crippen LogP contribution in [0.3, 0.4) is 0 Å². The van der Waals surface area contributed by atoms with Gasteiger partial charge in [0.1, 0.15) is 12.7 Å². The summed E-state index contributed by atoms with van der Waals surface area (Å²) in [6.07, 6.45) is 4.10. The average Bonchev–Trinajstić information content (AvgIpc) is 3.21. The molecule has 1 heterocycles. The van der Waals surface area contributed by atoms with Crippen molar-refractivity contribution in [3.8, 4) is 11.5 Å². The minimum absolute atomic E-state index is 0.0598. The van der Waals surface area contributed by atoms with Crippen molar-refractivity contribution in [1.29, 1.82) is 0 Å². The number of methoxy groups -OCH3 is 1. The molecule has 1 atom stereocenters. The number of ether oxygens (including phenoxy) is 2. The number of hydrogen-bond acceptors (Lipinski definition) is 7. The summed E-state index contributed by atoms with van der Waals surface area (Å²) in [6.45, 7) is 6.95. The quantitative estimate of drug-likeness (QED) is 0.320. The highest BCUT2D eigenvalue weighted by molar-refractivity contribution is 7.14. The Balaban J connectivity index is 1.64. The molecule has 1 unspecified atom stereocenters. The summed E-state index contributed by atoms with van der Waals surface area (Å²) in [7, 11) is 3.19. The van der Waals surface area contributed by atoms with Crippen molar-refractivity contribution >= 4 is 34.6 Å². The first kappa shape index (κ1) is 29.4. The molecule has 1 aromatic heterocycles. The number of carbonyl (C=O) groups excluding carboxylic acids is 2. The first-order valence-corrected chi connectivity index (χ1v) is 14.0. The van der Waals surface area contributed by atoms with Gasteiger partial charge in [-0.15, -0.1) is 11.3 Å². The van der Waals surface area contributed by atoms with E-state index in [1.54, 1.807) is 24.5 Å². The number of ketones is 1. The third kappa shape index (κ3) is 7.69. The number of fused-ring (bicyclic) bond motifs is 1. The van der Waals surface area contributed by atoms with Gasteiger partial charge in [0.25, 0.3) is 0 Å². The standard InChI is InChI=1S/C28H39ClN2O5S/c1-6-24-20-13-28(2,3)10-9-19(20)27(37-24)22(33)8-7-17-11-21(29)26(23(12-17)35-5)36-16-18(32)14-31-25(34)15-30-4/h11-12,18,30,32H,6-10,13-16H2,1-5H3,(H,31,34). The maximum atomic E-state index is 13.3. The molecule has 0 saturated heterocycles. The van der Waals surface area contributed by atoms with E-state index in [1.165, 1.54) is 23.1 Å². The van der Waals surface area contributed by atoms with Gasteiger partial charge in [-0.25, -0.2) is 0 Å². The van der Waals surface area contributed by atoms with E-state index in [1.807, 2.05) is 6.07 Å². The minimum atomic E-state index is -0.908. The Morgan fingerprint density at radius 3 is 2.70 bits per heavy atom. The van der Waals surface area contributed by atoms with E-state index in [2.05, 4.69) is 31.4 Å². The monoisotopic (exact) mass is 550 g/mol. The number of aliphatic hydroxyl groups excluding tert-OH is 1. The Morgan fingerprint density at radius 1 is 1.27 bits per heavy atom. The van der Waals surface area contributed by atoms with Crippen LogP contribution < -0.4 is 20.1 Å². The average molecular weight is 551 g/mol. The fourth-order valence-electron chi connectivity index (χ4n) is 4.68. The number of carbonyl (C=O) groups is 2. The van der Waals surface area contributed by atoms with Crippen LogP contribution in [0.25, 0.3) is 0 Å². The van der Waals surface area contributed by atoms with Gasteiger partial charge in [0, 0.05) is 17.8 Å². The first-order valence-electron chi connectivity index (χ1n) is 12.8. The number of Topliss-reactive ketones (excluding diaryl/α,β-unsaturated/α-hetero) is 1. The fraction of sp³-hybridized carbons (Fsp3) is 0.571. The van der Waals surface area contributed by atoms with Crippen LogP contribution >= 0.6 is 22.9 Å². The molecule has 1 aliphatic rings. The number of thiophene rings is 1. The number of rotatable bonds is 13. The molecule has 0 radical (unpaired) electrons. The summed E-state index contributed by atoms with van der Waals surface area (Å²) in [5.41, 5.74) is 3.84. The molecule has 0 fully saturated rings. The Kier molecular flexibility index (Phi) is 10.4. The second-order valence-electron chi connectivity index (χ2n) is 10.3. The van der Waals surface area contributed by atoms with E-state index in [0.717, 1.165) is 36.1 Å². The van der Waals surface area contributed by atoms with Crippen molar-refractivity contribution in [3.63, 3.8) is 0 Å². The van der Waals surface area contributed by atoms with Crippen LogP contribution in [-0.4, -0.2) is 56.8 Å². The lowest BCUT2D eigenvalue weighted by molar-refractivity contribution is -0.120. The van der Waals surface area contributed by atoms with E-state index < -0.39 is 6.10 Å². The second kappa shape index (κ2) is 13.1. The molecule has 1 amide bonds. The van der Waals surface area contributed by atoms with Crippen LogP contribution in [0, 0.1) is 5.41 Å². The molecule has 2 aromatic rings. The van der Waals surface area contributed by atoms with E-state index in [0.29, 0.717) is 29.4 Å². The van der Waals surface area contributed by atoms with Crippen LogP contribution in [0.15, 0.2) is 12.1 Å². The van der Waals surface area contributed by atoms with Gasteiger partial charge >= 0.3 is 0 Å². The smallest absolute Gasteiger partial charge is 0.234 e. The molecule has 0 saturated carbocycles. The minimum Gasteiger partial charge on any atom is -0.493 e. The second-order valence-corrected chi connectivity index (χ2v) is 11.8. The van der Waals surface area contributed by atoms with Crippen molar-refractivity contribution < 1.29 is 24.2 Å². The molecule has 37 heavy (non-hydrogen) atoms. The molecule has 1 aliphatic carbocycles. The predicted octanol–water partition coefficient (Wildman–Crippen LogP) is 4.38. The maximum absolute atomic E-state index is 13.3. The molecule has 1 aromatic carbocycles. The van der Waals surface area contributed by atoms with Gasteiger partial charge in [0.05, 0.1) is 23.6 Å². The third-order valence-corrected chi connectivity index (χ3v) is 8.44. The highest BCUT2D eigenvalue weighted by atomic mass is 35.5. The zero-order chi connectivity index (χ0) is 27.2. The molecular weight excluding hydrogens is 512 g/mol. The molecule has 204 valence electrons. The first-order chi connectivity index (χ1) is 17.6. The normalized spacial score (nSPS) is 15.1. The van der Waals surface area contributed by atoms with Gasteiger partial charge in [-0.2, -0.15) is 0 Å².